The number of amides is 1. The van der Waals surface area contributed by atoms with Gasteiger partial charge in [-0.05, 0) is 31.9 Å². The summed E-state index contributed by atoms with van der Waals surface area (Å²) >= 11 is 0. The van der Waals surface area contributed by atoms with Crippen LogP contribution in [0.2, 0.25) is 0 Å². The molecule has 16 heavy (non-hydrogen) atoms. The Bertz CT molecular complexity index is 314. The van der Waals surface area contributed by atoms with E-state index in [-0.39, 0.29) is 18.6 Å². The second-order valence-corrected chi connectivity index (χ2v) is 3.72. The number of aromatic nitrogens is 1. The first-order chi connectivity index (χ1) is 7.74. The van der Waals surface area contributed by atoms with Crippen LogP contribution in [0.3, 0.4) is 0 Å². The van der Waals surface area contributed by atoms with Gasteiger partial charge in [-0.15, -0.1) is 0 Å². The number of carbonyl (C=O) groups is 1. The van der Waals surface area contributed by atoms with Gasteiger partial charge in [0, 0.05) is 19.2 Å². The molecule has 2 N–H and O–H groups in total. The van der Waals surface area contributed by atoms with Gasteiger partial charge in [-0.25, -0.2) is 0 Å². The van der Waals surface area contributed by atoms with Crippen molar-refractivity contribution in [3.8, 4) is 0 Å². The van der Waals surface area contributed by atoms with Crippen molar-refractivity contribution < 1.29 is 9.90 Å². The Morgan fingerprint density at radius 1 is 1.50 bits per heavy atom. The minimum Gasteiger partial charge on any atom is -0.396 e. The molecule has 0 fully saturated rings. The molecule has 88 valence electrons. The van der Waals surface area contributed by atoms with E-state index in [1.807, 2.05) is 25.1 Å². The highest BCUT2D eigenvalue weighted by Crippen LogP contribution is 2.08. The Balaban J connectivity index is 2.34. The molecule has 0 aliphatic rings. The van der Waals surface area contributed by atoms with Gasteiger partial charge < -0.3 is 10.4 Å². The van der Waals surface area contributed by atoms with Crippen molar-refractivity contribution in [2.75, 3.05) is 6.61 Å². The van der Waals surface area contributed by atoms with Crippen molar-refractivity contribution >= 4 is 5.91 Å². The SMILES string of the molecule is CC(NC(=O)CCCCO)c1ccccn1. The summed E-state index contributed by atoms with van der Waals surface area (Å²) in [7, 11) is 0. The lowest BCUT2D eigenvalue weighted by Gasteiger charge is -2.12. The molecule has 0 spiro atoms. The standard InChI is InChI=1S/C12H18N2O2/c1-10(11-6-2-4-8-13-11)14-12(16)7-3-5-9-15/h2,4,6,8,10,15H,3,5,7,9H2,1H3,(H,14,16). The van der Waals surface area contributed by atoms with Gasteiger partial charge in [0.15, 0.2) is 0 Å². The predicted molar refractivity (Wildman–Crippen MR) is 61.7 cm³/mol. The van der Waals surface area contributed by atoms with Gasteiger partial charge in [0.25, 0.3) is 0 Å². The molecule has 4 nitrogen and oxygen atoms in total. The van der Waals surface area contributed by atoms with Crippen LogP contribution in [0.1, 0.15) is 37.9 Å². The fourth-order valence-corrected chi connectivity index (χ4v) is 1.42. The van der Waals surface area contributed by atoms with Crippen LogP contribution in [0.25, 0.3) is 0 Å². The first kappa shape index (κ1) is 12.6. The fraction of sp³-hybridized carbons (Fsp3) is 0.500. The summed E-state index contributed by atoms with van der Waals surface area (Å²) in [6.45, 7) is 2.05. The Labute approximate surface area is 95.7 Å². The molecule has 0 saturated heterocycles. The number of nitrogens with one attached hydrogen (secondary N) is 1. The van der Waals surface area contributed by atoms with Gasteiger partial charge in [0.1, 0.15) is 0 Å². The average Bonchev–Trinajstić information content (AvgIpc) is 2.30. The van der Waals surface area contributed by atoms with Crippen LogP contribution in [0.15, 0.2) is 24.4 Å². The molecule has 0 aromatic carbocycles. The van der Waals surface area contributed by atoms with Gasteiger partial charge >= 0.3 is 0 Å². The quantitative estimate of drug-likeness (QED) is 0.715. The van der Waals surface area contributed by atoms with Crippen LogP contribution in [0, 0.1) is 0 Å². The van der Waals surface area contributed by atoms with Crippen LogP contribution in [0.5, 0.6) is 0 Å². The number of unbranched alkanes of at least 4 members (excludes halogenated alkanes) is 1. The van der Waals surface area contributed by atoms with E-state index >= 15 is 0 Å². The maximum absolute atomic E-state index is 11.5. The van der Waals surface area contributed by atoms with Crippen LogP contribution in [0.4, 0.5) is 0 Å². The lowest BCUT2D eigenvalue weighted by molar-refractivity contribution is -0.121. The Morgan fingerprint density at radius 2 is 2.31 bits per heavy atom. The van der Waals surface area contributed by atoms with E-state index in [4.69, 9.17) is 5.11 Å². The van der Waals surface area contributed by atoms with E-state index in [9.17, 15) is 4.79 Å². The van der Waals surface area contributed by atoms with E-state index in [1.165, 1.54) is 0 Å². The summed E-state index contributed by atoms with van der Waals surface area (Å²) < 4.78 is 0. The van der Waals surface area contributed by atoms with E-state index in [0.29, 0.717) is 12.8 Å². The molecule has 0 aliphatic carbocycles. The van der Waals surface area contributed by atoms with Gasteiger partial charge in [-0.2, -0.15) is 0 Å². The van der Waals surface area contributed by atoms with E-state index < -0.39 is 0 Å². The van der Waals surface area contributed by atoms with Crippen molar-refractivity contribution in [3.05, 3.63) is 30.1 Å². The minimum atomic E-state index is -0.0668. The summed E-state index contributed by atoms with van der Waals surface area (Å²) in [4.78, 5) is 15.7. The Kier molecular flexibility index (Phi) is 5.50. The molecule has 1 atom stereocenters. The lowest BCUT2D eigenvalue weighted by Crippen LogP contribution is -2.26. The van der Waals surface area contributed by atoms with E-state index in [0.717, 1.165) is 12.1 Å². The maximum Gasteiger partial charge on any atom is 0.220 e. The van der Waals surface area contributed by atoms with Crippen LogP contribution in [-0.2, 0) is 4.79 Å². The summed E-state index contributed by atoms with van der Waals surface area (Å²) in [5.74, 6) is 0.00611. The summed E-state index contributed by atoms with van der Waals surface area (Å²) in [6.07, 6.45) is 3.56. The number of hydrogen-bond acceptors (Lipinski definition) is 3. The van der Waals surface area contributed by atoms with Crippen LogP contribution in [-0.4, -0.2) is 22.6 Å². The molecule has 0 radical (unpaired) electrons. The van der Waals surface area contributed by atoms with Crippen molar-refractivity contribution in [2.45, 2.75) is 32.2 Å². The second kappa shape index (κ2) is 6.95. The van der Waals surface area contributed by atoms with Crippen LogP contribution < -0.4 is 5.32 Å². The van der Waals surface area contributed by atoms with Crippen molar-refractivity contribution in [1.82, 2.24) is 10.3 Å². The van der Waals surface area contributed by atoms with Crippen molar-refractivity contribution in [1.29, 1.82) is 0 Å². The van der Waals surface area contributed by atoms with E-state index in [1.54, 1.807) is 6.20 Å². The molecular formula is C12H18N2O2. The third-order valence-electron chi connectivity index (χ3n) is 2.32. The molecule has 0 bridgehead atoms. The number of carbonyl (C=O) groups excluding carboxylic acids is 1. The average molecular weight is 222 g/mol. The van der Waals surface area contributed by atoms with Gasteiger partial charge in [0.2, 0.25) is 5.91 Å². The van der Waals surface area contributed by atoms with Crippen molar-refractivity contribution in [3.63, 3.8) is 0 Å². The molecule has 1 aromatic rings. The third kappa shape index (κ3) is 4.40. The monoisotopic (exact) mass is 222 g/mol. The lowest BCUT2D eigenvalue weighted by atomic mass is 10.2. The number of aliphatic hydroxyl groups is 1. The Hall–Kier alpha value is -1.42. The fourth-order valence-electron chi connectivity index (χ4n) is 1.42. The predicted octanol–water partition coefficient (Wildman–Crippen LogP) is 1.42. The zero-order chi connectivity index (χ0) is 11.8. The first-order valence-corrected chi connectivity index (χ1v) is 5.55. The summed E-state index contributed by atoms with van der Waals surface area (Å²) in [5.41, 5.74) is 0.859. The number of rotatable bonds is 6. The largest absolute Gasteiger partial charge is 0.396 e. The van der Waals surface area contributed by atoms with Gasteiger partial charge in [-0.3, -0.25) is 9.78 Å². The molecule has 0 aliphatic heterocycles. The molecule has 1 aromatic heterocycles. The third-order valence-corrected chi connectivity index (χ3v) is 2.32. The molecule has 4 heteroatoms. The summed E-state index contributed by atoms with van der Waals surface area (Å²) in [6, 6.07) is 5.57. The topological polar surface area (TPSA) is 62.2 Å². The molecule has 1 amide bonds. The second-order valence-electron chi connectivity index (χ2n) is 3.72. The number of pyridine rings is 1. The number of aliphatic hydroxyl groups excluding tert-OH is 1. The first-order valence-electron chi connectivity index (χ1n) is 5.55. The minimum absolute atomic E-state index is 0.00611. The molecule has 1 heterocycles. The summed E-state index contributed by atoms with van der Waals surface area (Å²) in [5, 5.41) is 11.5. The Morgan fingerprint density at radius 3 is 2.94 bits per heavy atom. The normalized spacial score (nSPS) is 12.1. The molecule has 1 unspecified atom stereocenters. The van der Waals surface area contributed by atoms with Gasteiger partial charge in [0.05, 0.1) is 11.7 Å². The number of nitrogens with zero attached hydrogens (tertiary/aromatic N) is 1. The smallest absolute Gasteiger partial charge is 0.220 e. The highest BCUT2D eigenvalue weighted by Gasteiger charge is 2.09. The molecular weight excluding hydrogens is 204 g/mol. The van der Waals surface area contributed by atoms with E-state index in [2.05, 4.69) is 10.3 Å². The highest BCUT2D eigenvalue weighted by atomic mass is 16.2. The zero-order valence-corrected chi connectivity index (χ0v) is 9.52. The maximum atomic E-state index is 11.5. The van der Waals surface area contributed by atoms with Gasteiger partial charge in [-0.1, -0.05) is 6.07 Å². The van der Waals surface area contributed by atoms with Crippen LogP contribution >= 0.6 is 0 Å². The molecule has 0 saturated carbocycles. The highest BCUT2D eigenvalue weighted by molar-refractivity contribution is 5.76. The van der Waals surface area contributed by atoms with Crippen molar-refractivity contribution in [2.24, 2.45) is 0 Å². The zero-order valence-electron chi connectivity index (χ0n) is 9.52. The number of hydrogen-bond donors (Lipinski definition) is 2. The molecule has 1 rings (SSSR count).